The highest BCUT2D eigenvalue weighted by Crippen LogP contribution is 2.45. The van der Waals surface area contributed by atoms with Crippen LogP contribution in [0.5, 0.6) is 5.88 Å². The third-order valence-corrected chi connectivity index (χ3v) is 7.27. The lowest BCUT2D eigenvalue weighted by Crippen LogP contribution is -2.74. The average Bonchev–Trinajstić information content (AvgIpc) is 2.84. The Balaban J connectivity index is 1.58. The zero-order valence-corrected chi connectivity index (χ0v) is 19.9. The summed E-state index contributed by atoms with van der Waals surface area (Å²) in [6.07, 6.45) is 1.23. The van der Waals surface area contributed by atoms with Crippen molar-refractivity contribution in [2.24, 2.45) is 24.5 Å². The lowest BCUT2D eigenvalue weighted by atomic mass is 9.68. The van der Waals surface area contributed by atoms with Crippen molar-refractivity contribution >= 4 is 35.4 Å². The van der Waals surface area contributed by atoms with Gasteiger partial charge in [0, 0.05) is 45.6 Å². The van der Waals surface area contributed by atoms with Crippen molar-refractivity contribution in [3.8, 4) is 5.88 Å². The second-order valence-corrected chi connectivity index (χ2v) is 9.37. The van der Waals surface area contributed by atoms with E-state index in [2.05, 4.69) is 15.6 Å². The van der Waals surface area contributed by atoms with Crippen molar-refractivity contribution in [2.75, 3.05) is 31.6 Å². The number of aromatic hydroxyl groups is 1. The largest absolute Gasteiger partial charge is 0.494 e. The van der Waals surface area contributed by atoms with Gasteiger partial charge in [-0.1, -0.05) is 0 Å². The Morgan fingerprint density at radius 2 is 1.72 bits per heavy atom. The molecular formula is C23H25N7O6. The van der Waals surface area contributed by atoms with Crippen LogP contribution in [-0.4, -0.2) is 75.9 Å². The number of likely N-dealkylation sites (N-methyl/N-ethyl adjacent to an activating group) is 1. The van der Waals surface area contributed by atoms with Gasteiger partial charge in [-0.3, -0.25) is 39.1 Å². The van der Waals surface area contributed by atoms with Gasteiger partial charge in [-0.05, 0) is 37.2 Å². The van der Waals surface area contributed by atoms with Crippen LogP contribution in [0.3, 0.4) is 0 Å². The van der Waals surface area contributed by atoms with E-state index in [-0.39, 0.29) is 12.0 Å². The molecule has 1 aromatic carbocycles. The van der Waals surface area contributed by atoms with Crippen molar-refractivity contribution in [1.82, 2.24) is 24.7 Å². The van der Waals surface area contributed by atoms with Crippen LogP contribution in [0, 0.1) is 5.41 Å². The lowest BCUT2D eigenvalue weighted by molar-refractivity contribution is -0.147. The average molecular weight is 495 g/mol. The Hall–Kier alpha value is -4.26. The van der Waals surface area contributed by atoms with Gasteiger partial charge in [0.15, 0.2) is 5.41 Å². The normalized spacial score (nSPS) is 21.4. The molecule has 1 unspecified atom stereocenters. The van der Waals surface area contributed by atoms with Crippen molar-refractivity contribution in [3.05, 3.63) is 50.2 Å². The fourth-order valence-corrected chi connectivity index (χ4v) is 5.26. The van der Waals surface area contributed by atoms with Crippen LogP contribution in [0.2, 0.25) is 0 Å². The summed E-state index contributed by atoms with van der Waals surface area (Å²) < 4.78 is 1.81. The van der Waals surface area contributed by atoms with Crippen molar-refractivity contribution in [2.45, 2.75) is 12.5 Å². The molecule has 13 nitrogen and oxygen atoms in total. The number of anilines is 1. The molecule has 4 amide bonds. The molecule has 2 fully saturated rings. The van der Waals surface area contributed by atoms with E-state index >= 15 is 0 Å². The molecule has 0 bridgehead atoms. The van der Waals surface area contributed by atoms with Crippen LogP contribution < -0.4 is 26.8 Å². The number of hydrogen-bond donors (Lipinski definition) is 3. The first-order chi connectivity index (χ1) is 17.0. The molecule has 2 saturated heterocycles. The number of nitrogens with zero attached hydrogens (tertiary/aromatic N) is 5. The number of aliphatic imine (C=N–C) groups is 1. The van der Waals surface area contributed by atoms with Gasteiger partial charge in [0.05, 0.1) is 11.7 Å². The quantitative estimate of drug-likeness (QED) is 0.338. The minimum atomic E-state index is -1.51. The van der Waals surface area contributed by atoms with Gasteiger partial charge in [-0.2, -0.15) is 0 Å². The third kappa shape index (κ3) is 3.34. The maximum atomic E-state index is 13.2. The zero-order valence-electron chi connectivity index (χ0n) is 19.9. The molecule has 1 aromatic heterocycles. The number of carbonyl (C=O) groups excluding carboxylic acids is 3. The van der Waals surface area contributed by atoms with Gasteiger partial charge in [0.2, 0.25) is 17.7 Å². The van der Waals surface area contributed by atoms with Crippen molar-refractivity contribution in [3.63, 3.8) is 0 Å². The number of rotatable bonds is 2. The second kappa shape index (κ2) is 8.16. The van der Waals surface area contributed by atoms with Crippen LogP contribution in [-0.2, 0) is 30.1 Å². The summed E-state index contributed by atoms with van der Waals surface area (Å²) >= 11 is 0. The monoisotopic (exact) mass is 495 g/mol. The van der Waals surface area contributed by atoms with Crippen LogP contribution in [0.15, 0.2) is 32.8 Å². The van der Waals surface area contributed by atoms with Gasteiger partial charge in [0.25, 0.3) is 5.56 Å². The molecule has 0 aliphatic carbocycles. The minimum Gasteiger partial charge on any atom is -0.494 e. The number of carbonyl (C=O) groups is 3. The summed E-state index contributed by atoms with van der Waals surface area (Å²) in [4.78, 5) is 71.0. The predicted molar refractivity (Wildman–Crippen MR) is 129 cm³/mol. The van der Waals surface area contributed by atoms with Crippen LogP contribution in [0.4, 0.5) is 16.2 Å². The molecule has 3 aliphatic heterocycles. The SMILES string of the molecule is CN1CCN2c3ccc(N=Cc4c(O)n(C)c(=O)n(C)c4=O)cc3CC3(C(=O)NC(=O)NC3=O)C2C1. The lowest BCUT2D eigenvalue weighted by Gasteiger charge is -2.53. The first-order valence-electron chi connectivity index (χ1n) is 11.3. The van der Waals surface area contributed by atoms with Crippen LogP contribution >= 0.6 is 0 Å². The Morgan fingerprint density at radius 3 is 2.42 bits per heavy atom. The van der Waals surface area contributed by atoms with Gasteiger partial charge < -0.3 is 14.9 Å². The van der Waals surface area contributed by atoms with E-state index in [9.17, 15) is 29.1 Å². The maximum Gasteiger partial charge on any atom is 0.333 e. The van der Waals surface area contributed by atoms with E-state index < -0.39 is 46.4 Å². The first-order valence-corrected chi connectivity index (χ1v) is 11.3. The molecule has 3 aliphatic rings. The van der Waals surface area contributed by atoms with Crippen molar-refractivity contribution < 1.29 is 19.5 Å². The van der Waals surface area contributed by atoms with Crippen LogP contribution in [0.1, 0.15) is 11.1 Å². The van der Waals surface area contributed by atoms with Gasteiger partial charge in [-0.25, -0.2) is 9.59 Å². The smallest absolute Gasteiger partial charge is 0.333 e. The highest BCUT2D eigenvalue weighted by atomic mass is 16.3. The highest BCUT2D eigenvalue weighted by molar-refractivity contribution is 6.20. The number of urea groups is 1. The first kappa shape index (κ1) is 23.5. The number of nitrogens with one attached hydrogen (secondary N) is 2. The summed E-state index contributed by atoms with van der Waals surface area (Å²) in [5.74, 6) is -1.79. The molecule has 0 saturated carbocycles. The third-order valence-electron chi connectivity index (χ3n) is 7.27. The summed E-state index contributed by atoms with van der Waals surface area (Å²) in [6, 6.07) is 3.97. The number of amides is 4. The molecule has 4 heterocycles. The maximum absolute atomic E-state index is 13.2. The number of benzene rings is 1. The molecular weight excluding hydrogens is 470 g/mol. The topological polar surface area (TPSA) is 158 Å². The minimum absolute atomic E-state index is 0.0541. The van der Waals surface area contributed by atoms with E-state index in [0.717, 1.165) is 21.4 Å². The number of barbiturate groups is 1. The number of piperazine rings is 1. The van der Waals surface area contributed by atoms with Gasteiger partial charge >= 0.3 is 11.7 Å². The molecule has 188 valence electrons. The Bertz CT molecular complexity index is 1450. The fourth-order valence-electron chi connectivity index (χ4n) is 5.26. The number of aromatic nitrogens is 2. The zero-order chi connectivity index (χ0) is 25.9. The molecule has 2 aromatic rings. The van der Waals surface area contributed by atoms with Gasteiger partial charge in [0.1, 0.15) is 5.56 Å². The molecule has 0 radical (unpaired) electrons. The van der Waals surface area contributed by atoms with E-state index in [4.69, 9.17) is 0 Å². The summed E-state index contributed by atoms with van der Waals surface area (Å²) in [7, 11) is 4.56. The standard InChI is InChI=1S/C23H25N7O6/c1-27-6-7-30-15-5-4-13(24-10-14-17(31)28(2)22(36)29(3)18(14)32)8-12(15)9-23(16(30)11-27)19(33)25-21(35)26-20(23)34/h4-5,8,10,16,31H,6-7,9,11H2,1-3H3,(H2,25,26,33,34,35). The molecule has 1 atom stereocenters. The molecule has 13 heteroatoms. The second-order valence-electron chi connectivity index (χ2n) is 9.37. The predicted octanol–water partition coefficient (Wildman–Crippen LogP) is -1.43. The number of fused-ring (bicyclic) bond motifs is 4. The number of hydrogen-bond acceptors (Lipinski definition) is 9. The van der Waals surface area contributed by atoms with Gasteiger partial charge in [-0.15, -0.1) is 0 Å². The molecule has 5 rings (SSSR count). The Morgan fingerprint density at radius 1 is 1.03 bits per heavy atom. The highest BCUT2D eigenvalue weighted by Gasteiger charge is 2.60. The summed E-state index contributed by atoms with van der Waals surface area (Å²) in [5, 5.41) is 14.8. The molecule has 36 heavy (non-hydrogen) atoms. The van der Waals surface area contributed by atoms with E-state index in [1.165, 1.54) is 20.3 Å². The van der Waals surface area contributed by atoms with E-state index in [1.807, 2.05) is 22.9 Å². The summed E-state index contributed by atoms with van der Waals surface area (Å²) in [5.41, 5.74) is -1.07. The number of imide groups is 2. The Kier molecular flexibility index (Phi) is 5.32. The van der Waals surface area contributed by atoms with E-state index in [1.54, 1.807) is 12.1 Å². The summed E-state index contributed by atoms with van der Waals surface area (Å²) in [6.45, 7) is 1.77. The molecule has 3 N–H and O–H groups in total. The van der Waals surface area contributed by atoms with Crippen LogP contribution in [0.25, 0.3) is 0 Å². The Labute approximate surface area is 204 Å². The fraction of sp³-hybridized carbons (Fsp3) is 0.391. The van der Waals surface area contributed by atoms with Crippen molar-refractivity contribution in [1.29, 1.82) is 0 Å². The van der Waals surface area contributed by atoms with E-state index in [0.29, 0.717) is 24.3 Å². The molecule has 1 spiro atoms.